The van der Waals surface area contributed by atoms with Gasteiger partial charge in [0.25, 0.3) is 0 Å². The standard InChI is InChI=1S/C14H18N2O/c17-14(16-13-2-1-3-13)7-10-4-5-11-8-15-9-12(11)6-10/h4-6,13,15H,1-3,7-9H2,(H,16,17). The number of rotatable bonds is 3. The topological polar surface area (TPSA) is 41.1 Å². The van der Waals surface area contributed by atoms with Crippen molar-refractivity contribution in [3.8, 4) is 0 Å². The summed E-state index contributed by atoms with van der Waals surface area (Å²) in [7, 11) is 0. The summed E-state index contributed by atoms with van der Waals surface area (Å²) >= 11 is 0. The van der Waals surface area contributed by atoms with Gasteiger partial charge in [-0.25, -0.2) is 0 Å². The largest absolute Gasteiger partial charge is 0.353 e. The normalized spacial score (nSPS) is 18.6. The third-order valence-electron chi connectivity index (χ3n) is 3.74. The molecule has 1 amide bonds. The summed E-state index contributed by atoms with van der Waals surface area (Å²) in [4.78, 5) is 11.8. The first-order valence-electron chi connectivity index (χ1n) is 6.42. The second kappa shape index (κ2) is 4.49. The Morgan fingerprint density at radius 3 is 2.88 bits per heavy atom. The predicted octanol–water partition coefficient (Wildman–Crippen LogP) is 1.50. The maximum atomic E-state index is 11.8. The zero-order valence-electron chi connectivity index (χ0n) is 9.96. The van der Waals surface area contributed by atoms with Gasteiger partial charge in [0, 0.05) is 19.1 Å². The molecule has 0 bridgehead atoms. The monoisotopic (exact) mass is 230 g/mol. The molecule has 0 saturated heterocycles. The lowest BCUT2D eigenvalue weighted by atomic mass is 9.93. The van der Waals surface area contributed by atoms with E-state index in [9.17, 15) is 4.79 Å². The molecule has 2 N–H and O–H groups in total. The average Bonchev–Trinajstić information content (AvgIpc) is 2.71. The molecule has 1 aliphatic heterocycles. The van der Waals surface area contributed by atoms with Crippen LogP contribution in [-0.2, 0) is 24.3 Å². The number of carbonyl (C=O) groups excluding carboxylic acids is 1. The Labute approximate surface area is 102 Å². The summed E-state index contributed by atoms with van der Waals surface area (Å²) < 4.78 is 0. The third kappa shape index (κ3) is 2.34. The molecule has 17 heavy (non-hydrogen) atoms. The van der Waals surface area contributed by atoms with Crippen molar-refractivity contribution in [3.63, 3.8) is 0 Å². The second-order valence-electron chi connectivity index (χ2n) is 5.08. The van der Waals surface area contributed by atoms with E-state index in [2.05, 4.69) is 28.8 Å². The predicted molar refractivity (Wildman–Crippen MR) is 66.5 cm³/mol. The third-order valence-corrected chi connectivity index (χ3v) is 3.74. The first-order valence-corrected chi connectivity index (χ1v) is 6.42. The van der Waals surface area contributed by atoms with Crippen molar-refractivity contribution in [2.45, 2.75) is 44.8 Å². The van der Waals surface area contributed by atoms with E-state index in [1.165, 1.54) is 17.5 Å². The maximum Gasteiger partial charge on any atom is 0.224 e. The molecule has 1 saturated carbocycles. The highest BCUT2D eigenvalue weighted by atomic mass is 16.1. The first-order chi connectivity index (χ1) is 8.31. The van der Waals surface area contributed by atoms with Crippen LogP contribution in [0.4, 0.5) is 0 Å². The van der Waals surface area contributed by atoms with Crippen molar-refractivity contribution >= 4 is 5.91 Å². The van der Waals surface area contributed by atoms with Crippen LogP contribution in [0.2, 0.25) is 0 Å². The van der Waals surface area contributed by atoms with E-state index < -0.39 is 0 Å². The van der Waals surface area contributed by atoms with Crippen molar-refractivity contribution < 1.29 is 4.79 Å². The molecule has 0 radical (unpaired) electrons. The molecule has 3 heteroatoms. The Hall–Kier alpha value is -1.35. The van der Waals surface area contributed by atoms with Crippen LogP contribution in [0.15, 0.2) is 18.2 Å². The van der Waals surface area contributed by atoms with E-state index in [1.807, 2.05) is 0 Å². The zero-order chi connectivity index (χ0) is 11.7. The summed E-state index contributed by atoms with van der Waals surface area (Å²) in [6.45, 7) is 1.90. The number of nitrogens with one attached hydrogen (secondary N) is 2. The van der Waals surface area contributed by atoms with Crippen molar-refractivity contribution in [1.29, 1.82) is 0 Å². The molecule has 1 aromatic carbocycles. The van der Waals surface area contributed by atoms with E-state index in [1.54, 1.807) is 0 Å². The molecule has 90 valence electrons. The van der Waals surface area contributed by atoms with Crippen LogP contribution >= 0.6 is 0 Å². The fourth-order valence-electron chi connectivity index (χ4n) is 2.47. The van der Waals surface area contributed by atoms with Gasteiger partial charge in [0.1, 0.15) is 0 Å². The van der Waals surface area contributed by atoms with E-state index >= 15 is 0 Å². The van der Waals surface area contributed by atoms with E-state index in [0.29, 0.717) is 12.5 Å². The van der Waals surface area contributed by atoms with E-state index in [4.69, 9.17) is 0 Å². The number of hydrogen-bond acceptors (Lipinski definition) is 2. The highest BCUT2D eigenvalue weighted by molar-refractivity contribution is 5.79. The number of carbonyl (C=O) groups is 1. The number of fused-ring (bicyclic) bond motifs is 1. The molecule has 1 aromatic rings. The van der Waals surface area contributed by atoms with Crippen molar-refractivity contribution in [3.05, 3.63) is 34.9 Å². The van der Waals surface area contributed by atoms with E-state index in [0.717, 1.165) is 31.5 Å². The maximum absolute atomic E-state index is 11.8. The highest BCUT2D eigenvalue weighted by Gasteiger charge is 2.19. The van der Waals surface area contributed by atoms with Gasteiger partial charge in [0.15, 0.2) is 0 Å². The van der Waals surface area contributed by atoms with Crippen LogP contribution in [0.25, 0.3) is 0 Å². The lowest BCUT2D eigenvalue weighted by Gasteiger charge is -2.26. The Bertz CT molecular complexity index is 438. The molecular formula is C14H18N2O. The van der Waals surface area contributed by atoms with Crippen LogP contribution in [0.3, 0.4) is 0 Å². The minimum Gasteiger partial charge on any atom is -0.353 e. The van der Waals surface area contributed by atoms with Gasteiger partial charge in [0.2, 0.25) is 5.91 Å². The van der Waals surface area contributed by atoms with Crippen molar-refractivity contribution in [2.75, 3.05) is 0 Å². The minimum absolute atomic E-state index is 0.167. The summed E-state index contributed by atoms with van der Waals surface area (Å²) in [5.74, 6) is 0.167. The van der Waals surface area contributed by atoms with Crippen LogP contribution in [-0.4, -0.2) is 11.9 Å². The Morgan fingerprint density at radius 1 is 1.29 bits per heavy atom. The van der Waals surface area contributed by atoms with Gasteiger partial charge >= 0.3 is 0 Å². The molecule has 1 heterocycles. The lowest BCUT2D eigenvalue weighted by Crippen LogP contribution is -2.40. The Kier molecular flexibility index (Phi) is 2.85. The molecule has 0 spiro atoms. The van der Waals surface area contributed by atoms with E-state index in [-0.39, 0.29) is 5.91 Å². The van der Waals surface area contributed by atoms with Gasteiger partial charge in [-0.3, -0.25) is 4.79 Å². The smallest absolute Gasteiger partial charge is 0.224 e. The molecule has 0 unspecified atom stereocenters. The van der Waals surface area contributed by atoms with Crippen LogP contribution in [0.5, 0.6) is 0 Å². The Morgan fingerprint density at radius 2 is 2.12 bits per heavy atom. The quantitative estimate of drug-likeness (QED) is 0.826. The number of amides is 1. The van der Waals surface area contributed by atoms with Crippen LogP contribution < -0.4 is 10.6 Å². The number of hydrogen-bond donors (Lipinski definition) is 2. The zero-order valence-corrected chi connectivity index (χ0v) is 9.96. The highest BCUT2D eigenvalue weighted by Crippen LogP contribution is 2.19. The average molecular weight is 230 g/mol. The molecular weight excluding hydrogens is 212 g/mol. The lowest BCUT2D eigenvalue weighted by molar-refractivity contribution is -0.121. The molecule has 0 aromatic heterocycles. The number of benzene rings is 1. The van der Waals surface area contributed by atoms with Crippen LogP contribution in [0.1, 0.15) is 36.0 Å². The van der Waals surface area contributed by atoms with Gasteiger partial charge in [-0.15, -0.1) is 0 Å². The summed E-state index contributed by atoms with van der Waals surface area (Å²) in [5, 5.41) is 6.40. The van der Waals surface area contributed by atoms with Gasteiger partial charge in [-0.05, 0) is 36.0 Å². The van der Waals surface area contributed by atoms with Gasteiger partial charge < -0.3 is 10.6 Å². The molecule has 3 nitrogen and oxygen atoms in total. The molecule has 1 aliphatic carbocycles. The first kappa shape index (κ1) is 10.8. The SMILES string of the molecule is O=C(Cc1ccc2c(c1)CNC2)NC1CCC1. The van der Waals surface area contributed by atoms with Gasteiger partial charge in [0.05, 0.1) is 6.42 Å². The minimum atomic E-state index is 0.167. The molecule has 2 aliphatic rings. The van der Waals surface area contributed by atoms with Crippen molar-refractivity contribution in [1.82, 2.24) is 10.6 Å². The van der Waals surface area contributed by atoms with Gasteiger partial charge in [-0.2, -0.15) is 0 Å². The molecule has 0 atom stereocenters. The molecule has 1 fully saturated rings. The van der Waals surface area contributed by atoms with Gasteiger partial charge in [-0.1, -0.05) is 18.2 Å². The Balaban J connectivity index is 1.62. The fraction of sp³-hybridized carbons (Fsp3) is 0.500. The van der Waals surface area contributed by atoms with Crippen LogP contribution in [0, 0.1) is 0 Å². The second-order valence-corrected chi connectivity index (χ2v) is 5.08. The summed E-state index contributed by atoms with van der Waals surface area (Å²) in [6.07, 6.45) is 4.08. The summed E-state index contributed by atoms with van der Waals surface area (Å²) in [5.41, 5.74) is 3.84. The van der Waals surface area contributed by atoms with Crippen molar-refractivity contribution in [2.24, 2.45) is 0 Å². The summed E-state index contributed by atoms with van der Waals surface area (Å²) in [6, 6.07) is 6.82. The fourth-order valence-corrected chi connectivity index (χ4v) is 2.47. The molecule has 3 rings (SSSR count).